The fourth-order valence-electron chi connectivity index (χ4n) is 1.18. The van der Waals surface area contributed by atoms with Crippen LogP contribution in [0.25, 0.3) is 0 Å². The molecule has 0 fully saturated rings. The Morgan fingerprint density at radius 2 is 2.36 bits per heavy atom. The Balaban J connectivity index is 2.70. The lowest BCUT2D eigenvalue weighted by Gasteiger charge is -2.10. The number of aryl methyl sites for hydroxylation is 1. The van der Waals surface area contributed by atoms with Crippen molar-refractivity contribution in [2.75, 3.05) is 6.54 Å². The SMILES string of the molecule is CCCNC(C#N)c1ccc(C)nc1. The van der Waals surface area contributed by atoms with Crippen LogP contribution < -0.4 is 5.32 Å². The molecule has 1 aromatic heterocycles. The largest absolute Gasteiger partial charge is 0.298 e. The third kappa shape index (κ3) is 2.82. The number of nitriles is 1. The molecule has 1 heterocycles. The zero-order valence-corrected chi connectivity index (χ0v) is 8.62. The smallest absolute Gasteiger partial charge is 0.122 e. The first-order valence-electron chi connectivity index (χ1n) is 4.83. The molecule has 3 nitrogen and oxygen atoms in total. The maximum absolute atomic E-state index is 8.94. The van der Waals surface area contributed by atoms with E-state index in [-0.39, 0.29) is 6.04 Å². The van der Waals surface area contributed by atoms with E-state index in [0.29, 0.717) is 0 Å². The molecule has 74 valence electrons. The van der Waals surface area contributed by atoms with Gasteiger partial charge in [-0.15, -0.1) is 0 Å². The van der Waals surface area contributed by atoms with Gasteiger partial charge in [0.15, 0.2) is 0 Å². The first-order valence-corrected chi connectivity index (χ1v) is 4.83. The van der Waals surface area contributed by atoms with Crippen LogP contribution in [0.5, 0.6) is 0 Å². The summed E-state index contributed by atoms with van der Waals surface area (Å²) in [6.45, 7) is 4.87. The van der Waals surface area contributed by atoms with Gasteiger partial charge in [0.2, 0.25) is 0 Å². The Hall–Kier alpha value is -1.40. The molecule has 1 unspecified atom stereocenters. The van der Waals surface area contributed by atoms with Crippen LogP contribution in [0.4, 0.5) is 0 Å². The summed E-state index contributed by atoms with van der Waals surface area (Å²) in [4.78, 5) is 4.16. The zero-order valence-electron chi connectivity index (χ0n) is 8.62. The fraction of sp³-hybridized carbons (Fsp3) is 0.455. The van der Waals surface area contributed by atoms with Gasteiger partial charge < -0.3 is 0 Å². The Morgan fingerprint density at radius 3 is 2.86 bits per heavy atom. The highest BCUT2D eigenvalue weighted by molar-refractivity contribution is 5.22. The van der Waals surface area contributed by atoms with Crippen molar-refractivity contribution in [1.82, 2.24) is 10.3 Å². The second-order valence-electron chi connectivity index (χ2n) is 3.25. The molecule has 1 N–H and O–H groups in total. The minimum atomic E-state index is -0.233. The molecule has 1 aromatic rings. The lowest BCUT2D eigenvalue weighted by atomic mass is 10.1. The van der Waals surface area contributed by atoms with E-state index in [4.69, 9.17) is 5.26 Å². The summed E-state index contributed by atoms with van der Waals surface area (Å²) >= 11 is 0. The second-order valence-corrected chi connectivity index (χ2v) is 3.25. The summed E-state index contributed by atoms with van der Waals surface area (Å²) in [6.07, 6.45) is 2.78. The summed E-state index contributed by atoms with van der Waals surface area (Å²) in [7, 11) is 0. The molecule has 0 aliphatic heterocycles. The molecule has 0 saturated carbocycles. The third-order valence-corrected chi connectivity index (χ3v) is 2.00. The maximum atomic E-state index is 8.94. The van der Waals surface area contributed by atoms with Gasteiger partial charge in [-0.3, -0.25) is 10.3 Å². The average Bonchev–Trinajstić information content (AvgIpc) is 2.21. The van der Waals surface area contributed by atoms with Gasteiger partial charge in [0, 0.05) is 17.5 Å². The summed E-state index contributed by atoms with van der Waals surface area (Å²) in [5.74, 6) is 0. The summed E-state index contributed by atoms with van der Waals surface area (Å²) in [6, 6.07) is 5.86. The molecule has 0 aliphatic carbocycles. The van der Waals surface area contributed by atoms with Gasteiger partial charge in [0.25, 0.3) is 0 Å². The predicted molar refractivity (Wildman–Crippen MR) is 55.6 cm³/mol. The van der Waals surface area contributed by atoms with E-state index >= 15 is 0 Å². The van der Waals surface area contributed by atoms with Gasteiger partial charge in [-0.2, -0.15) is 5.26 Å². The van der Waals surface area contributed by atoms with E-state index in [0.717, 1.165) is 24.2 Å². The van der Waals surface area contributed by atoms with Crippen molar-refractivity contribution >= 4 is 0 Å². The Labute approximate surface area is 84.8 Å². The molecular formula is C11H15N3. The minimum absolute atomic E-state index is 0.233. The zero-order chi connectivity index (χ0) is 10.4. The van der Waals surface area contributed by atoms with Crippen molar-refractivity contribution in [2.45, 2.75) is 26.3 Å². The summed E-state index contributed by atoms with van der Waals surface area (Å²) < 4.78 is 0. The molecule has 0 amide bonds. The molecule has 0 saturated heterocycles. The van der Waals surface area contributed by atoms with Gasteiger partial charge >= 0.3 is 0 Å². The highest BCUT2D eigenvalue weighted by Gasteiger charge is 2.08. The van der Waals surface area contributed by atoms with E-state index in [2.05, 4.69) is 23.3 Å². The Morgan fingerprint density at radius 1 is 1.57 bits per heavy atom. The quantitative estimate of drug-likeness (QED) is 0.787. The standard InChI is InChI=1S/C11H15N3/c1-3-6-13-11(7-12)10-5-4-9(2)14-8-10/h4-5,8,11,13H,3,6H2,1-2H3. The van der Waals surface area contributed by atoms with Gasteiger partial charge in [-0.05, 0) is 26.0 Å². The predicted octanol–water partition coefficient (Wildman–Crippen LogP) is 1.95. The molecule has 1 rings (SSSR count). The third-order valence-electron chi connectivity index (χ3n) is 2.00. The van der Waals surface area contributed by atoms with Crippen LogP contribution in [-0.4, -0.2) is 11.5 Å². The highest BCUT2D eigenvalue weighted by atomic mass is 14.9. The van der Waals surface area contributed by atoms with Gasteiger partial charge in [-0.25, -0.2) is 0 Å². The second kappa shape index (κ2) is 5.36. The molecule has 0 aliphatic rings. The maximum Gasteiger partial charge on any atom is 0.122 e. The molecule has 0 radical (unpaired) electrons. The number of aromatic nitrogens is 1. The number of hydrogen-bond acceptors (Lipinski definition) is 3. The normalized spacial score (nSPS) is 12.1. The van der Waals surface area contributed by atoms with E-state index < -0.39 is 0 Å². The van der Waals surface area contributed by atoms with Gasteiger partial charge in [0.05, 0.1) is 6.07 Å². The first kappa shape index (κ1) is 10.7. The van der Waals surface area contributed by atoms with Crippen molar-refractivity contribution in [1.29, 1.82) is 5.26 Å². The molecule has 14 heavy (non-hydrogen) atoms. The number of nitrogens with zero attached hydrogens (tertiary/aromatic N) is 2. The first-order chi connectivity index (χ1) is 6.77. The fourth-order valence-corrected chi connectivity index (χ4v) is 1.18. The molecule has 0 aromatic carbocycles. The number of hydrogen-bond donors (Lipinski definition) is 1. The lowest BCUT2D eigenvalue weighted by Crippen LogP contribution is -2.20. The topological polar surface area (TPSA) is 48.7 Å². The molecule has 3 heteroatoms. The van der Waals surface area contributed by atoms with Gasteiger partial charge in [0.1, 0.15) is 6.04 Å². The average molecular weight is 189 g/mol. The van der Waals surface area contributed by atoms with E-state index in [1.54, 1.807) is 6.20 Å². The van der Waals surface area contributed by atoms with Crippen molar-refractivity contribution in [3.63, 3.8) is 0 Å². The molecule has 0 spiro atoms. The summed E-state index contributed by atoms with van der Waals surface area (Å²) in [5, 5.41) is 12.1. The van der Waals surface area contributed by atoms with Crippen molar-refractivity contribution in [2.24, 2.45) is 0 Å². The van der Waals surface area contributed by atoms with Crippen LogP contribution in [0.15, 0.2) is 18.3 Å². The van der Waals surface area contributed by atoms with Crippen LogP contribution in [-0.2, 0) is 0 Å². The highest BCUT2D eigenvalue weighted by Crippen LogP contribution is 2.10. The number of nitrogens with one attached hydrogen (secondary N) is 1. The van der Waals surface area contributed by atoms with Crippen molar-refractivity contribution < 1.29 is 0 Å². The number of rotatable bonds is 4. The Kier molecular flexibility index (Phi) is 4.09. The van der Waals surface area contributed by atoms with Crippen molar-refractivity contribution in [3.05, 3.63) is 29.6 Å². The monoisotopic (exact) mass is 189 g/mol. The number of pyridine rings is 1. The van der Waals surface area contributed by atoms with Crippen molar-refractivity contribution in [3.8, 4) is 6.07 Å². The van der Waals surface area contributed by atoms with E-state index in [1.807, 2.05) is 19.1 Å². The molecule has 1 atom stereocenters. The van der Waals surface area contributed by atoms with Crippen LogP contribution >= 0.6 is 0 Å². The van der Waals surface area contributed by atoms with Crippen LogP contribution in [0.3, 0.4) is 0 Å². The van der Waals surface area contributed by atoms with Crippen LogP contribution in [0.2, 0.25) is 0 Å². The lowest BCUT2D eigenvalue weighted by molar-refractivity contribution is 0.619. The minimum Gasteiger partial charge on any atom is -0.298 e. The van der Waals surface area contributed by atoms with Crippen LogP contribution in [0.1, 0.15) is 30.6 Å². The van der Waals surface area contributed by atoms with Crippen LogP contribution in [0, 0.1) is 18.3 Å². The molecular weight excluding hydrogens is 174 g/mol. The Bertz CT molecular complexity index is 310. The summed E-state index contributed by atoms with van der Waals surface area (Å²) in [5.41, 5.74) is 1.91. The van der Waals surface area contributed by atoms with E-state index in [1.165, 1.54) is 0 Å². The van der Waals surface area contributed by atoms with E-state index in [9.17, 15) is 0 Å². The van der Waals surface area contributed by atoms with Gasteiger partial charge in [-0.1, -0.05) is 13.0 Å². The molecule has 0 bridgehead atoms.